The van der Waals surface area contributed by atoms with Crippen LogP contribution in [-0.4, -0.2) is 23.2 Å². The lowest BCUT2D eigenvalue weighted by Crippen LogP contribution is -2.30. The largest absolute Gasteiger partial charge is 0.372 e. The lowest BCUT2D eigenvalue weighted by molar-refractivity contribution is -0.122. The van der Waals surface area contributed by atoms with Crippen LogP contribution in [0.1, 0.15) is 51.7 Å². The Kier molecular flexibility index (Phi) is 5.28. The molecule has 0 radical (unpaired) electrons. The molecule has 0 saturated carbocycles. The van der Waals surface area contributed by atoms with Crippen molar-refractivity contribution in [2.75, 3.05) is 6.61 Å². The zero-order valence-corrected chi connectivity index (χ0v) is 14.3. The molecule has 0 aliphatic carbocycles. The normalized spacial score (nSPS) is 20.5. The van der Waals surface area contributed by atoms with Crippen LogP contribution in [0, 0.1) is 0 Å². The van der Waals surface area contributed by atoms with Gasteiger partial charge in [-0.05, 0) is 64.1 Å². The van der Waals surface area contributed by atoms with E-state index < -0.39 is 12.0 Å². The van der Waals surface area contributed by atoms with Gasteiger partial charge in [-0.2, -0.15) is 8.78 Å². The van der Waals surface area contributed by atoms with Crippen molar-refractivity contribution in [3.8, 4) is 0 Å². The lowest BCUT2D eigenvalue weighted by atomic mass is 9.98. The molecule has 1 heterocycles. The van der Waals surface area contributed by atoms with E-state index in [0.717, 1.165) is 11.3 Å². The van der Waals surface area contributed by atoms with E-state index in [-0.39, 0.29) is 10.3 Å². The van der Waals surface area contributed by atoms with Crippen LogP contribution in [-0.2, 0) is 10.7 Å². The summed E-state index contributed by atoms with van der Waals surface area (Å²) in [7, 11) is 0. The van der Waals surface area contributed by atoms with Gasteiger partial charge in [-0.15, -0.1) is 0 Å². The van der Waals surface area contributed by atoms with Crippen molar-refractivity contribution in [1.29, 1.82) is 0 Å². The van der Waals surface area contributed by atoms with Crippen LogP contribution in [0.3, 0.4) is 0 Å². The second-order valence-electron chi connectivity index (χ2n) is 6.59. The molecule has 1 atom stereocenters. The van der Waals surface area contributed by atoms with Crippen molar-refractivity contribution < 1.29 is 13.5 Å². The van der Waals surface area contributed by atoms with E-state index in [0.29, 0.717) is 19.4 Å². The fraction of sp³-hybridized carbons (Fsp3) is 0.588. The van der Waals surface area contributed by atoms with Crippen LogP contribution in [0.4, 0.5) is 8.78 Å². The van der Waals surface area contributed by atoms with E-state index in [4.69, 9.17) is 4.74 Å². The number of halogens is 2. The van der Waals surface area contributed by atoms with Crippen molar-refractivity contribution >= 4 is 17.7 Å². The van der Waals surface area contributed by atoms with E-state index >= 15 is 0 Å². The number of nitrogens with zero attached hydrogens (tertiary/aromatic N) is 1. The highest BCUT2D eigenvalue weighted by Gasteiger charge is 2.44. The summed E-state index contributed by atoms with van der Waals surface area (Å²) in [4.78, 5) is 0. The van der Waals surface area contributed by atoms with Crippen LogP contribution in [0.15, 0.2) is 28.7 Å². The van der Waals surface area contributed by atoms with Crippen molar-refractivity contribution in [3.05, 3.63) is 35.4 Å². The summed E-state index contributed by atoms with van der Waals surface area (Å²) in [6.07, 6.45) is 0.0938. The summed E-state index contributed by atoms with van der Waals surface area (Å²) >= 11 is 1.45. The maximum atomic E-state index is 14.5. The molecule has 0 spiro atoms. The van der Waals surface area contributed by atoms with Gasteiger partial charge >= 0.3 is 0 Å². The SMILES string of the molecule is CC(=NSC(C)(C)C)c1cccc(C(F)(F)C2CCCO2)c1. The minimum absolute atomic E-state index is 0.000491. The first kappa shape index (κ1) is 17.4. The van der Waals surface area contributed by atoms with Gasteiger partial charge in [0.15, 0.2) is 0 Å². The Morgan fingerprint density at radius 1 is 1.32 bits per heavy atom. The third-order valence-corrected chi connectivity index (χ3v) is 4.37. The first-order valence-corrected chi connectivity index (χ1v) is 8.30. The molecule has 1 saturated heterocycles. The Bertz CT molecular complexity index is 546. The molecule has 0 N–H and O–H groups in total. The van der Waals surface area contributed by atoms with Gasteiger partial charge in [-0.3, -0.25) is 0 Å². The zero-order valence-electron chi connectivity index (χ0n) is 13.5. The van der Waals surface area contributed by atoms with Gasteiger partial charge in [0.1, 0.15) is 6.10 Å². The van der Waals surface area contributed by atoms with Gasteiger partial charge in [0.05, 0.1) is 5.71 Å². The fourth-order valence-electron chi connectivity index (χ4n) is 2.26. The summed E-state index contributed by atoms with van der Waals surface area (Å²) in [6, 6.07) is 6.48. The monoisotopic (exact) mass is 327 g/mol. The summed E-state index contributed by atoms with van der Waals surface area (Å²) in [6.45, 7) is 8.47. The van der Waals surface area contributed by atoms with Crippen LogP contribution in [0.5, 0.6) is 0 Å². The van der Waals surface area contributed by atoms with Crippen LogP contribution in [0.25, 0.3) is 0 Å². The minimum atomic E-state index is -2.95. The molecule has 1 aromatic rings. The molecule has 22 heavy (non-hydrogen) atoms. The van der Waals surface area contributed by atoms with E-state index in [2.05, 4.69) is 25.2 Å². The molecule has 0 amide bonds. The number of hydrogen-bond donors (Lipinski definition) is 0. The smallest absolute Gasteiger partial charge is 0.298 e. The molecule has 122 valence electrons. The van der Waals surface area contributed by atoms with Crippen molar-refractivity contribution in [2.24, 2.45) is 4.40 Å². The maximum Gasteiger partial charge on any atom is 0.298 e. The van der Waals surface area contributed by atoms with E-state index in [1.54, 1.807) is 6.07 Å². The molecule has 2 nitrogen and oxygen atoms in total. The highest BCUT2D eigenvalue weighted by molar-refractivity contribution is 7.99. The quantitative estimate of drug-likeness (QED) is 0.559. The molecular formula is C17H23F2NOS. The van der Waals surface area contributed by atoms with Gasteiger partial charge in [0.25, 0.3) is 5.92 Å². The average Bonchev–Trinajstić information content (AvgIpc) is 2.99. The van der Waals surface area contributed by atoms with Crippen LogP contribution >= 0.6 is 11.9 Å². The van der Waals surface area contributed by atoms with Gasteiger partial charge in [-0.25, -0.2) is 4.40 Å². The van der Waals surface area contributed by atoms with Crippen molar-refractivity contribution in [2.45, 2.75) is 57.3 Å². The molecule has 1 aliphatic heterocycles. The predicted octanol–water partition coefficient (Wildman–Crippen LogP) is 5.21. The summed E-state index contributed by atoms with van der Waals surface area (Å²) in [5, 5.41) is 0. The average molecular weight is 327 g/mol. The molecule has 0 aromatic heterocycles. The fourth-order valence-corrected chi connectivity index (χ4v) is 2.78. The number of benzene rings is 1. The molecule has 2 rings (SSSR count). The van der Waals surface area contributed by atoms with E-state index in [1.165, 1.54) is 24.1 Å². The Hall–Kier alpha value is -0.940. The van der Waals surface area contributed by atoms with Crippen LogP contribution < -0.4 is 0 Å². The Morgan fingerprint density at radius 2 is 2.05 bits per heavy atom. The standard InChI is InChI=1S/C17H23F2NOS/c1-12(20-22-16(2,3)4)13-7-5-8-14(11-13)17(18,19)15-9-6-10-21-15/h5,7-8,11,15H,6,9-10H2,1-4H3. The van der Waals surface area contributed by atoms with Crippen molar-refractivity contribution in [1.82, 2.24) is 0 Å². The number of ether oxygens (including phenoxy) is 1. The Balaban J connectivity index is 2.22. The second kappa shape index (κ2) is 6.67. The Labute approximate surface area is 135 Å². The summed E-state index contributed by atoms with van der Waals surface area (Å²) in [5.74, 6) is -2.95. The molecule has 0 bridgehead atoms. The number of alkyl halides is 2. The first-order valence-electron chi connectivity index (χ1n) is 7.53. The van der Waals surface area contributed by atoms with Gasteiger partial charge in [0, 0.05) is 16.9 Å². The van der Waals surface area contributed by atoms with Crippen molar-refractivity contribution in [3.63, 3.8) is 0 Å². The number of rotatable bonds is 4. The molecule has 1 fully saturated rings. The van der Waals surface area contributed by atoms with E-state index in [1.807, 2.05) is 13.0 Å². The minimum Gasteiger partial charge on any atom is -0.372 e. The Morgan fingerprint density at radius 3 is 2.64 bits per heavy atom. The molecule has 1 aliphatic rings. The molecular weight excluding hydrogens is 304 g/mol. The van der Waals surface area contributed by atoms with Crippen LogP contribution in [0.2, 0.25) is 0 Å². The topological polar surface area (TPSA) is 21.6 Å². The first-order chi connectivity index (χ1) is 10.2. The van der Waals surface area contributed by atoms with E-state index in [9.17, 15) is 8.78 Å². The highest BCUT2D eigenvalue weighted by atomic mass is 32.2. The molecule has 1 aromatic carbocycles. The van der Waals surface area contributed by atoms with Gasteiger partial charge in [0.2, 0.25) is 0 Å². The summed E-state index contributed by atoms with van der Waals surface area (Å²) in [5.41, 5.74) is 1.49. The maximum absolute atomic E-state index is 14.5. The molecule has 5 heteroatoms. The second-order valence-corrected chi connectivity index (χ2v) is 8.18. The number of hydrogen-bond acceptors (Lipinski definition) is 3. The van der Waals surface area contributed by atoms with Gasteiger partial charge in [-0.1, -0.05) is 18.2 Å². The van der Waals surface area contributed by atoms with Gasteiger partial charge < -0.3 is 4.74 Å². The zero-order chi connectivity index (χ0) is 16.4. The highest BCUT2D eigenvalue weighted by Crippen LogP contribution is 2.38. The third kappa shape index (κ3) is 4.29. The predicted molar refractivity (Wildman–Crippen MR) is 88.9 cm³/mol. The summed E-state index contributed by atoms with van der Waals surface area (Å²) < 4.78 is 38.6. The lowest BCUT2D eigenvalue weighted by Gasteiger charge is -2.23. The molecule has 1 unspecified atom stereocenters. The third-order valence-electron chi connectivity index (χ3n) is 3.46.